The molecule has 5 nitrogen and oxygen atoms in total. The number of pyridine rings is 1. The van der Waals surface area contributed by atoms with Gasteiger partial charge in [-0.2, -0.15) is 0 Å². The van der Waals surface area contributed by atoms with Crippen LogP contribution in [0.1, 0.15) is 40.2 Å². The van der Waals surface area contributed by atoms with Gasteiger partial charge in [-0.25, -0.2) is 9.78 Å². The lowest BCUT2D eigenvalue weighted by Crippen LogP contribution is -2.13. The third-order valence-electron chi connectivity index (χ3n) is 3.42. The molecule has 2 aliphatic carbocycles. The summed E-state index contributed by atoms with van der Waals surface area (Å²) in [6.07, 6.45) is 2.63. The summed E-state index contributed by atoms with van der Waals surface area (Å²) in [6, 6.07) is 0. The lowest BCUT2D eigenvalue weighted by atomic mass is 10.1. The molecule has 88 valence electrons. The predicted molar refractivity (Wildman–Crippen MR) is 60.6 cm³/mol. The number of aryl methyl sites for hydroxylation is 1. The van der Waals surface area contributed by atoms with Crippen LogP contribution in [0.4, 0.5) is 10.5 Å². The topological polar surface area (TPSA) is 79.3 Å². The summed E-state index contributed by atoms with van der Waals surface area (Å²) in [7, 11) is 0. The minimum absolute atomic E-state index is 0.0307. The summed E-state index contributed by atoms with van der Waals surface area (Å²) in [4.78, 5) is 26.9. The second kappa shape index (κ2) is 3.55. The summed E-state index contributed by atoms with van der Waals surface area (Å²) in [5.74, 6) is 0.0307. The molecule has 0 unspecified atom stereocenters. The van der Waals surface area contributed by atoms with Gasteiger partial charge in [0, 0.05) is 17.7 Å². The number of Topliss-reactive ketones (excluding diaryl/α,β-unsaturated/α-hetero) is 1. The number of anilines is 1. The van der Waals surface area contributed by atoms with E-state index in [0.29, 0.717) is 24.2 Å². The Morgan fingerprint density at radius 3 is 2.76 bits per heavy atom. The molecule has 1 heterocycles. The number of carboxylic acid groups (broad SMARTS) is 1. The van der Waals surface area contributed by atoms with E-state index >= 15 is 0 Å². The molecule has 1 aromatic heterocycles. The monoisotopic (exact) mass is 232 g/mol. The van der Waals surface area contributed by atoms with Gasteiger partial charge >= 0.3 is 6.09 Å². The molecule has 2 aliphatic rings. The van der Waals surface area contributed by atoms with Gasteiger partial charge in [-0.3, -0.25) is 10.1 Å². The number of rotatable bonds is 1. The smallest absolute Gasteiger partial charge is 0.409 e. The number of hydrogen-bond donors (Lipinski definition) is 2. The average molecular weight is 232 g/mol. The second-order valence-electron chi connectivity index (χ2n) is 4.45. The highest BCUT2D eigenvalue weighted by Gasteiger charge is 2.30. The Kier molecular flexibility index (Phi) is 2.14. The molecule has 0 aliphatic heterocycles. The van der Waals surface area contributed by atoms with E-state index in [-0.39, 0.29) is 5.78 Å². The first kappa shape index (κ1) is 10.3. The van der Waals surface area contributed by atoms with Crippen molar-refractivity contribution in [1.29, 1.82) is 0 Å². The Bertz CT molecular complexity index is 537. The first-order chi connectivity index (χ1) is 8.16. The van der Waals surface area contributed by atoms with Gasteiger partial charge in [0.05, 0.1) is 5.69 Å². The van der Waals surface area contributed by atoms with Gasteiger partial charge in [-0.1, -0.05) is 0 Å². The van der Waals surface area contributed by atoms with Crippen LogP contribution in [0.3, 0.4) is 0 Å². The Labute approximate surface area is 97.9 Å². The van der Waals surface area contributed by atoms with E-state index in [1.54, 1.807) is 0 Å². The lowest BCUT2D eigenvalue weighted by molar-refractivity contribution is 0.0990. The zero-order valence-corrected chi connectivity index (χ0v) is 9.25. The minimum Gasteiger partial charge on any atom is -0.465 e. The number of fused-ring (bicyclic) bond motifs is 2. The summed E-state index contributed by atoms with van der Waals surface area (Å²) in [5.41, 5.74) is 3.77. The van der Waals surface area contributed by atoms with Crippen molar-refractivity contribution in [2.75, 3.05) is 5.32 Å². The van der Waals surface area contributed by atoms with Crippen LogP contribution in [0.15, 0.2) is 0 Å². The molecule has 0 saturated heterocycles. The first-order valence-corrected chi connectivity index (χ1v) is 5.74. The number of ketones is 1. The van der Waals surface area contributed by atoms with Crippen LogP contribution in [-0.2, 0) is 19.3 Å². The maximum atomic E-state index is 11.7. The Morgan fingerprint density at radius 1 is 1.18 bits per heavy atom. The van der Waals surface area contributed by atoms with Gasteiger partial charge in [-0.15, -0.1) is 0 Å². The fraction of sp³-hybridized carbons (Fsp3) is 0.417. The number of hydrogen-bond acceptors (Lipinski definition) is 3. The highest BCUT2D eigenvalue weighted by molar-refractivity contribution is 6.02. The normalized spacial score (nSPS) is 16.8. The molecule has 0 bridgehead atoms. The number of amides is 1. The number of carbonyl (C=O) groups is 2. The molecule has 5 heteroatoms. The summed E-state index contributed by atoms with van der Waals surface area (Å²) in [6.45, 7) is 0. The van der Waals surface area contributed by atoms with E-state index in [9.17, 15) is 9.59 Å². The molecule has 0 atom stereocenters. The first-order valence-electron chi connectivity index (χ1n) is 5.74. The molecule has 0 saturated carbocycles. The maximum absolute atomic E-state index is 11.7. The van der Waals surface area contributed by atoms with Gasteiger partial charge in [0.2, 0.25) is 0 Å². The SMILES string of the molecule is O=C(O)Nc1c2c(nc3c1CCC3=O)CCC2. The van der Waals surface area contributed by atoms with Crippen LogP contribution in [-0.4, -0.2) is 22.0 Å². The number of carbonyl (C=O) groups excluding carboxylic acids is 1. The zero-order valence-electron chi connectivity index (χ0n) is 9.25. The highest BCUT2D eigenvalue weighted by atomic mass is 16.4. The standard InChI is InChI=1S/C12H12N2O3/c15-9-5-4-7-10(14-12(16)17)6-2-1-3-8(6)13-11(7)9/h1-5H2,(H,13,14)(H,16,17). The molecule has 0 spiro atoms. The number of aromatic nitrogens is 1. The highest BCUT2D eigenvalue weighted by Crippen LogP contribution is 2.36. The maximum Gasteiger partial charge on any atom is 0.409 e. The third kappa shape index (κ3) is 1.50. The van der Waals surface area contributed by atoms with Crippen molar-refractivity contribution >= 4 is 17.6 Å². The molecule has 0 fully saturated rings. The fourth-order valence-electron chi connectivity index (χ4n) is 2.71. The molecular formula is C12H12N2O3. The molecule has 1 aromatic rings. The Morgan fingerprint density at radius 2 is 2.00 bits per heavy atom. The van der Waals surface area contributed by atoms with Crippen LogP contribution in [0.5, 0.6) is 0 Å². The molecule has 0 aromatic carbocycles. The fourth-order valence-corrected chi connectivity index (χ4v) is 2.71. The van der Waals surface area contributed by atoms with Crippen molar-refractivity contribution < 1.29 is 14.7 Å². The van der Waals surface area contributed by atoms with E-state index in [1.807, 2.05) is 0 Å². The zero-order chi connectivity index (χ0) is 12.0. The van der Waals surface area contributed by atoms with Crippen LogP contribution in [0.2, 0.25) is 0 Å². The average Bonchev–Trinajstić information content (AvgIpc) is 2.86. The molecule has 2 N–H and O–H groups in total. The second-order valence-corrected chi connectivity index (χ2v) is 4.45. The number of nitrogens with zero attached hydrogens (tertiary/aromatic N) is 1. The molecular weight excluding hydrogens is 220 g/mol. The van der Waals surface area contributed by atoms with Crippen LogP contribution >= 0.6 is 0 Å². The van der Waals surface area contributed by atoms with Gasteiger partial charge in [0.1, 0.15) is 5.69 Å². The van der Waals surface area contributed by atoms with Gasteiger partial charge < -0.3 is 5.11 Å². The molecule has 17 heavy (non-hydrogen) atoms. The van der Waals surface area contributed by atoms with Gasteiger partial charge in [0.15, 0.2) is 5.78 Å². The van der Waals surface area contributed by atoms with Crippen LogP contribution in [0, 0.1) is 0 Å². The Balaban J connectivity index is 2.20. The largest absolute Gasteiger partial charge is 0.465 e. The predicted octanol–water partition coefficient (Wildman–Crippen LogP) is 1.79. The van der Waals surface area contributed by atoms with E-state index in [2.05, 4.69) is 10.3 Å². The van der Waals surface area contributed by atoms with Crippen molar-refractivity contribution in [1.82, 2.24) is 4.98 Å². The van der Waals surface area contributed by atoms with Crippen LogP contribution < -0.4 is 5.32 Å². The summed E-state index contributed by atoms with van der Waals surface area (Å²) >= 11 is 0. The van der Waals surface area contributed by atoms with E-state index in [0.717, 1.165) is 36.1 Å². The van der Waals surface area contributed by atoms with Gasteiger partial charge in [-0.05, 0) is 31.2 Å². The van der Waals surface area contributed by atoms with Crippen molar-refractivity contribution in [3.05, 3.63) is 22.5 Å². The Hall–Kier alpha value is -1.91. The quantitative estimate of drug-likeness (QED) is 0.773. The summed E-state index contributed by atoms with van der Waals surface area (Å²) in [5, 5.41) is 11.3. The molecule has 3 rings (SSSR count). The van der Waals surface area contributed by atoms with E-state index in [4.69, 9.17) is 5.11 Å². The van der Waals surface area contributed by atoms with Crippen LogP contribution in [0.25, 0.3) is 0 Å². The molecule has 1 amide bonds. The van der Waals surface area contributed by atoms with E-state index < -0.39 is 6.09 Å². The van der Waals surface area contributed by atoms with Crippen molar-refractivity contribution in [3.63, 3.8) is 0 Å². The minimum atomic E-state index is -1.08. The van der Waals surface area contributed by atoms with Crippen molar-refractivity contribution in [2.45, 2.75) is 32.1 Å². The third-order valence-corrected chi connectivity index (χ3v) is 3.42. The summed E-state index contributed by atoms with van der Waals surface area (Å²) < 4.78 is 0. The lowest BCUT2D eigenvalue weighted by Gasteiger charge is -2.12. The van der Waals surface area contributed by atoms with E-state index in [1.165, 1.54) is 0 Å². The number of nitrogens with one attached hydrogen (secondary N) is 1. The van der Waals surface area contributed by atoms with Gasteiger partial charge in [0.25, 0.3) is 0 Å². The van der Waals surface area contributed by atoms with Crippen molar-refractivity contribution in [2.24, 2.45) is 0 Å². The van der Waals surface area contributed by atoms with Crippen molar-refractivity contribution in [3.8, 4) is 0 Å². The molecule has 0 radical (unpaired) electrons.